The van der Waals surface area contributed by atoms with Gasteiger partial charge >= 0.3 is 0 Å². The lowest BCUT2D eigenvalue weighted by atomic mass is 10.1. The third-order valence-corrected chi connectivity index (χ3v) is 3.23. The molecule has 91 valence electrons. The van der Waals surface area contributed by atoms with Crippen molar-refractivity contribution in [2.24, 2.45) is 0 Å². The Labute approximate surface area is 102 Å². The van der Waals surface area contributed by atoms with Gasteiger partial charge in [0.2, 0.25) is 0 Å². The van der Waals surface area contributed by atoms with Crippen LogP contribution in [0.2, 0.25) is 0 Å². The maximum absolute atomic E-state index is 6.19. The van der Waals surface area contributed by atoms with Gasteiger partial charge in [-0.05, 0) is 19.3 Å². The van der Waals surface area contributed by atoms with Gasteiger partial charge in [-0.15, -0.1) is 11.6 Å². The summed E-state index contributed by atoms with van der Waals surface area (Å²) in [6.07, 6.45) is 15.4. The second-order valence-corrected chi connectivity index (χ2v) is 5.06. The van der Waals surface area contributed by atoms with Gasteiger partial charge in [-0.1, -0.05) is 65.2 Å². The zero-order valence-electron chi connectivity index (χ0n) is 10.6. The van der Waals surface area contributed by atoms with E-state index >= 15 is 0 Å². The largest absolute Gasteiger partial charge is 0.123 e. The fraction of sp³-hybridized carbons (Fsp3) is 0.929. The first-order valence-electron chi connectivity index (χ1n) is 6.77. The highest BCUT2D eigenvalue weighted by atomic mass is 35.5. The first-order chi connectivity index (χ1) is 7.31. The summed E-state index contributed by atoms with van der Waals surface area (Å²) in [5, 5.41) is 0.389. The van der Waals surface area contributed by atoms with Crippen LogP contribution in [0.5, 0.6) is 0 Å². The third kappa shape index (κ3) is 12.2. The van der Waals surface area contributed by atoms with Crippen LogP contribution in [0.4, 0.5) is 0 Å². The van der Waals surface area contributed by atoms with Gasteiger partial charge in [-0.3, -0.25) is 0 Å². The van der Waals surface area contributed by atoms with Crippen molar-refractivity contribution in [2.45, 2.75) is 83.4 Å². The van der Waals surface area contributed by atoms with Crippen LogP contribution in [0.3, 0.4) is 0 Å². The lowest BCUT2D eigenvalue weighted by molar-refractivity contribution is 0.565. The van der Waals surface area contributed by atoms with Gasteiger partial charge in [0.1, 0.15) is 0 Å². The fourth-order valence-corrected chi connectivity index (χ4v) is 2.07. The van der Waals surface area contributed by atoms with Crippen molar-refractivity contribution in [1.29, 1.82) is 0 Å². The monoisotopic (exact) mass is 231 g/mol. The van der Waals surface area contributed by atoms with Gasteiger partial charge in [0.25, 0.3) is 0 Å². The SMILES string of the molecule is CC[CH]CC(Cl)CCCCCCCCC. The van der Waals surface area contributed by atoms with Gasteiger partial charge in [0.05, 0.1) is 0 Å². The molecule has 0 spiro atoms. The molecule has 0 amide bonds. The van der Waals surface area contributed by atoms with Crippen molar-refractivity contribution >= 4 is 11.6 Å². The van der Waals surface area contributed by atoms with Crippen LogP contribution in [-0.4, -0.2) is 5.38 Å². The number of rotatable bonds is 11. The maximum atomic E-state index is 6.19. The van der Waals surface area contributed by atoms with Gasteiger partial charge in [-0.25, -0.2) is 0 Å². The minimum absolute atomic E-state index is 0.389. The summed E-state index contributed by atoms with van der Waals surface area (Å²) < 4.78 is 0. The van der Waals surface area contributed by atoms with Crippen molar-refractivity contribution in [2.75, 3.05) is 0 Å². The molecule has 0 aromatic carbocycles. The second kappa shape index (κ2) is 12.4. The highest BCUT2D eigenvalue weighted by Crippen LogP contribution is 2.16. The molecule has 0 rings (SSSR count). The molecule has 1 unspecified atom stereocenters. The van der Waals surface area contributed by atoms with E-state index in [2.05, 4.69) is 20.3 Å². The standard InChI is InChI=1S/C14H28Cl/c1-3-5-7-8-9-10-11-13-14(15)12-6-4-2/h6,14H,3-5,7-13H2,1-2H3. The van der Waals surface area contributed by atoms with Gasteiger partial charge in [-0.2, -0.15) is 0 Å². The number of unbranched alkanes of at least 4 members (excludes halogenated alkanes) is 7. The first kappa shape index (κ1) is 15.3. The highest BCUT2D eigenvalue weighted by molar-refractivity contribution is 6.20. The van der Waals surface area contributed by atoms with Crippen molar-refractivity contribution in [3.8, 4) is 0 Å². The quantitative estimate of drug-likeness (QED) is 0.314. The average molecular weight is 232 g/mol. The van der Waals surface area contributed by atoms with E-state index in [0.717, 1.165) is 12.8 Å². The van der Waals surface area contributed by atoms with E-state index in [1.54, 1.807) is 0 Å². The van der Waals surface area contributed by atoms with Crippen molar-refractivity contribution in [3.05, 3.63) is 6.42 Å². The molecule has 0 nitrogen and oxygen atoms in total. The molecule has 0 aromatic heterocycles. The van der Waals surface area contributed by atoms with Crippen LogP contribution in [0.15, 0.2) is 0 Å². The van der Waals surface area contributed by atoms with Crippen LogP contribution < -0.4 is 0 Å². The first-order valence-corrected chi connectivity index (χ1v) is 7.20. The Hall–Kier alpha value is 0.290. The minimum atomic E-state index is 0.389. The Balaban J connectivity index is 3.02. The molecule has 0 heterocycles. The van der Waals surface area contributed by atoms with Crippen LogP contribution in [0.25, 0.3) is 0 Å². The topological polar surface area (TPSA) is 0 Å². The van der Waals surface area contributed by atoms with Crippen LogP contribution in [0, 0.1) is 6.42 Å². The molecule has 0 bridgehead atoms. The summed E-state index contributed by atoms with van der Waals surface area (Å²) in [5.74, 6) is 0. The molecule has 0 saturated carbocycles. The van der Waals surface area contributed by atoms with E-state index < -0.39 is 0 Å². The van der Waals surface area contributed by atoms with E-state index in [9.17, 15) is 0 Å². The van der Waals surface area contributed by atoms with E-state index in [1.165, 1.54) is 51.4 Å². The average Bonchev–Trinajstić information content (AvgIpc) is 2.25. The van der Waals surface area contributed by atoms with E-state index in [1.807, 2.05) is 0 Å². The van der Waals surface area contributed by atoms with Crippen molar-refractivity contribution in [3.63, 3.8) is 0 Å². The molecule has 0 aliphatic rings. The number of hydrogen-bond donors (Lipinski definition) is 0. The smallest absolute Gasteiger partial charge is 0.0338 e. The molecule has 1 radical (unpaired) electrons. The molecule has 0 saturated heterocycles. The van der Waals surface area contributed by atoms with Gasteiger partial charge in [0.15, 0.2) is 0 Å². The lowest BCUT2D eigenvalue weighted by Crippen LogP contribution is -1.98. The Morgan fingerprint density at radius 2 is 1.53 bits per heavy atom. The molecule has 1 atom stereocenters. The summed E-state index contributed by atoms with van der Waals surface area (Å²) in [5.41, 5.74) is 0. The molecule has 0 N–H and O–H groups in total. The van der Waals surface area contributed by atoms with Gasteiger partial charge < -0.3 is 0 Å². The lowest BCUT2D eigenvalue weighted by Gasteiger charge is -2.07. The summed E-state index contributed by atoms with van der Waals surface area (Å²) in [6, 6.07) is 0. The Morgan fingerprint density at radius 3 is 2.13 bits per heavy atom. The normalized spacial score (nSPS) is 13.0. The fourth-order valence-electron chi connectivity index (χ4n) is 1.79. The predicted molar refractivity (Wildman–Crippen MR) is 71.5 cm³/mol. The number of alkyl halides is 1. The molecule has 15 heavy (non-hydrogen) atoms. The summed E-state index contributed by atoms with van der Waals surface area (Å²) in [4.78, 5) is 0. The summed E-state index contributed by atoms with van der Waals surface area (Å²) in [7, 11) is 0. The van der Waals surface area contributed by atoms with Gasteiger partial charge in [0, 0.05) is 5.38 Å². The molecular weight excluding hydrogens is 204 g/mol. The number of hydrogen-bond acceptors (Lipinski definition) is 0. The minimum Gasteiger partial charge on any atom is -0.123 e. The van der Waals surface area contributed by atoms with E-state index in [4.69, 9.17) is 11.6 Å². The van der Waals surface area contributed by atoms with Crippen LogP contribution >= 0.6 is 11.6 Å². The number of halogens is 1. The predicted octanol–water partition coefficient (Wildman–Crippen LogP) is 5.74. The zero-order valence-corrected chi connectivity index (χ0v) is 11.4. The van der Waals surface area contributed by atoms with Crippen molar-refractivity contribution in [1.82, 2.24) is 0 Å². The van der Waals surface area contributed by atoms with E-state index in [-0.39, 0.29) is 0 Å². The molecule has 1 heteroatoms. The molecule has 0 aromatic rings. The van der Waals surface area contributed by atoms with E-state index in [0.29, 0.717) is 5.38 Å². The highest BCUT2D eigenvalue weighted by Gasteiger charge is 2.02. The van der Waals surface area contributed by atoms with Crippen molar-refractivity contribution < 1.29 is 0 Å². The molecule has 0 aliphatic heterocycles. The third-order valence-electron chi connectivity index (χ3n) is 2.83. The second-order valence-electron chi connectivity index (χ2n) is 4.44. The summed E-state index contributed by atoms with van der Waals surface area (Å²) in [6.45, 7) is 4.44. The Morgan fingerprint density at radius 1 is 0.933 bits per heavy atom. The molecular formula is C14H28Cl. The molecule has 0 fully saturated rings. The Bertz CT molecular complexity index is 112. The summed E-state index contributed by atoms with van der Waals surface area (Å²) >= 11 is 6.19. The molecule has 0 aliphatic carbocycles. The Kier molecular flexibility index (Phi) is 12.6. The maximum Gasteiger partial charge on any atom is 0.0338 e. The van der Waals surface area contributed by atoms with Crippen LogP contribution in [-0.2, 0) is 0 Å². The van der Waals surface area contributed by atoms with Crippen LogP contribution in [0.1, 0.15) is 78.1 Å². The zero-order chi connectivity index (χ0) is 11.4.